The van der Waals surface area contributed by atoms with Gasteiger partial charge in [0.15, 0.2) is 17.5 Å². The summed E-state index contributed by atoms with van der Waals surface area (Å²) in [6, 6.07) is 0.805. The van der Waals surface area contributed by atoms with Gasteiger partial charge < -0.3 is 10.8 Å². The van der Waals surface area contributed by atoms with Crippen molar-refractivity contribution < 1.29 is 18.3 Å². The van der Waals surface area contributed by atoms with Crippen molar-refractivity contribution >= 4 is 12.4 Å². The van der Waals surface area contributed by atoms with Crippen molar-refractivity contribution in [1.82, 2.24) is 0 Å². The minimum absolute atomic E-state index is 0. The fourth-order valence-corrected chi connectivity index (χ4v) is 1.48. The Hall–Kier alpha value is -0.780. The molecule has 0 spiro atoms. The van der Waals surface area contributed by atoms with Gasteiger partial charge in [0.05, 0.1) is 12.1 Å². The van der Waals surface area contributed by atoms with E-state index >= 15 is 0 Å². The lowest BCUT2D eigenvalue weighted by Gasteiger charge is -2.19. The Labute approximate surface area is 104 Å². The van der Waals surface area contributed by atoms with Crippen molar-refractivity contribution in [2.24, 2.45) is 5.73 Å². The Morgan fingerprint density at radius 2 is 1.82 bits per heavy atom. The van der Waals surface area contributed by atoms with E-state index in [0.717, 1.165) is 12.1 Å². The third-order valence-corrected chi connectivity index (χ3v) is 2.42. The first kappa shape index (κ1) is 16.2. The maximum absolute atomic E-state index is 13.3. The topological polar surface area (TPSA) is 46.2 Å². The molecule has 3 N–H and O–H groups in total. The lowest BCUT2D eigenvalue weighted by Crippen LogP contribution is -2.27. The zero-order valence-corrected chi connectivity index (χ0v) is 10.1. The zero-order chi connectivity index (χ0) is 12.3. The number of rotatable bonds is 4. The first-order chi connectivity index (χ1) is 7.49. The minimum Gasteiger partial charge on any atom is -0.391 e. The molecule has 1 rings (SSSR count). The Morgan fingerprint density at radius 3 is 2.35 bits per heavy atom. The van der Waals surface area contributed by atoms with Crippen LogP contribution < -0.4 is 5.73 Å². The van der Waals surface area contributed by atoms with Crippen LogP contribution in [0, 0.1) is 17.5 Å². The van der Waals surface area contributed by atoms with E-state index in [1.54, 1.807) is 0 Å². The quantitative estimate of drug-likeness (QED) is 0.826. The van der Waals surface area contributed by atoms with Crippen molar-refractivity contribution in [1.29, 1.82) is 0 Å². The van der Waals surface area contributed by atoms with Crippen molar-refractivity contribution in [3.63, 3.8) is 0 Å². The van der Waals surface area contributed by atoms with E-state index < -0.39 is 29.6 Å². The van der Waals surface area contributed by atoms with Crippen LogP contribution in [0.25, 0.3) is 0 Å². The maximum atomic E-state index is 13.3. The van der Waals surface area contributed by atoms with Crippen LogP contribution in [0.1, 0.15) is 31.4 Å². The van der Waals surface area contributed by atoms with Crippen LogP contribution in [0.15, 0.2) is 12.1 Å². The molecule has 0 saturated heterocycles. The summed E-state index contributed by atoms with van der Waals surface area (Å²) in [5.74, 6) is -4.15. The smallest absolute Gasteiger partial charge is 0.194 e. The predicted molar refractivity (Wildman–Crippen MR) is 61.4 cm³/mol. The van der Waals surface area contributed by atoms with E-state index in [1.807, 2.05) is 6.92 Å². The highest BCUT2D eigenvalue weighted by Gasteiger charge is 2.22. The summed E-state index contributed by atoms with van der Waals surface area (Å²) in [7, 11) is 0. The highest BCUT2D eigenvalue weighted by Crippen LogP contribution is 2.23. The molecule has 0 aliphatic heterocycles. The van der Waals surface area contributed by atoms with E-state index in [4.69, 9.17) is 5.73 Å². The predicted octanol–water partition coefficient (Wildman–Crippen LogP) is 2.69. The molecule has 0 unspecified atom stereocenters. The van der Waals surface area contributed by atoms with E-state index in [1.165, 1.54) is 0 Å². The number of hydrogen-bond donors (Lipinski definition) is 2. The maximum Gasteiger partial charge on any atom is 0.194 e. The standard InChI is InChI=1S/C11H14F3NO.ClH/c1-2-3-8(16)11(15)6-4-5-7(12)10(14)9(6)13;/h4-5,8,11,16H,2-3,15H2,1H3;1H/t8-,11+;/m0./s1. The first-order valence-corrected chi connectivity index (χ1v) is 5.06. The van der Waals surface area contributed by atoms with Crippen LogP contribution in [0.5, 0.6) is 0 Å². The molecule has 0 aromatic heterocycles. The van der Waals surface area contributed by atoms with Gasteiger partial charge in [-0.2, -0.15) is 0 Å². The molecule has 0 heterocycles. The normalized spacial score (nSPS) is 14.0. The van der Waals surface area contributed by atoms with Gasteiger partial charge in [-0.1, -0.05) is 19.4 Å². The van der Waals surface area contributed by atoms with Gasteiger partial charge in [0.2, 0.25) is 0 Å². The number of hydrogen-bond acceptors (Lipinski definition) is 2. The average Bonchev–Trinajstić information content (AvgIpc) is 2.26. The zero-order valence-electron chi connectivity index (χ0n) is 9.29. The molecule has 0 bridgehead atoms. The van der Waals surface area contributed by atoms with E-state index in [9.17, 15) is 18.3 Å². The molecule has 0 aliphatic carbocycles. The highest BCUT2D eigenvalue weighted by atomic mass is 35.5. The Kier molecular flexibility index (Phi) is 6.52. The van der Waals surface area contributed by atoms with Crippen molar-refractivity contribution in [3.8, 4) is 0 Å². The van der Waals surface area contributed by atoms with E-state index in [0.29, 0.717) is 12.8 Å². The number of halogens is 4. The molecule has 1 aromatic rings. The summed E-state index contributed by atoms with van der Waals surface area (Å²) in [6.07, 6.45) is 0.0732. The van der Waals surface area contributed by atoms with Crippen molar-refractivity contribution in [2.75, 3.05) is 0 Å². The number of aliphatic hydroxyl groups is 1. The Morgan fingerprint density at radius 1 is 1.24 bits per heavy atom. The summed E-state index contributed by atoms with van der Waals surface area (Å²) in [5.41, 5.74) is 5.36. The van der Waals surface area contributed by atoms with Gasteiger partial charge in [0.25, 0.3) is 0 Å². The van der Waals surface area contributed by atoms with Gasteiger partial charge in [-0.3, -0.25) is 0 Å². The van der Waals surface area contributed by atoms with Crippen LogP contribution in [0.4, 0.5) is 13.2 Å². The summed E-state index contributed by atoms with van der Waals surface area (Å²) < 4.78 is 38.9. The lowest BCUT2D eigenvalue weighted by atomic mass is 9.98. The lowest BCUT2D eigenvalue weighted by molar-refractivity contribution is 0.132. The molecule has 0 amide bonds. The molecular weight excluding hydrogens is 255 g/mol. The van der Waals surface area contributed by atoms with Gasteiger partial charge in [0, 0.05) is 5.56 Å². The van der Waals surface area contributed by atoms with Crippen LogP contribution >= 0.6 is 12.4 Å². The summed E-state index contributed by atoms with van der Waals surface area (Å²) in [5, 5.41) is 9.55. The van der Waals surface area contributed by atoms with Crippen molar-refractivity contribution in [3.05, 3.63) is 35.1 Å². The molecule has 0 saturated carbocycles. The molecular formula is C11H15ClF3NO. The number of aliphatic hydroxyl groups excluding tert-OH is 1. The largest absolute Gasteiger partial charge is 0.391 e. The van der Waals surface area contributed by atoms with Crippen LogP contribution in [-0.4, -0.2) is 11.2 Å². The molecule has 0 fully saturated rings. The first-order valence-electron chi connectivity index (χ1n) is 5.06. The molecule has 0 aliphatic rings. The fraction of sp³-hybridized carbons (Fsp3) is 0.455. The van der Waals surface area contributed by atoms with Gasteiger partial charge in [-0.05, 0) is 12.5 Å². The molecule has 1 aromatic carbocycles. The summed E-state index contributed by atoms with van der Waals surface area (Å²) in [4.78, 5) is 0. The second kappa shape index (κ2) is 6.83. The van der Waals surface area contributed by atoms with E-state index in [-0.39, 0.29) is 18.0 Å². The van der Waals surface area contributed by atoms with Gasteiger partial charge >= 0.3 is 0 Å². The van der Waals surface area contributed by atoms with E-state index in [2.05, 4.69) is 0 Å². The second-order valence-corrected chi connectivity index (χ2v) is 3.65. The molecule has 2 atom stereocenters. The molecule has 6 heteroatoms. The Balaban J connectivity index is 0.00000256. The van der Waals surface area contributed by atoms with Gasteiger partial charge in [0.1, 0.15) is 0 Å². The molecule has 0 radical (unpaired) electrons. The third-order valence-electron chi connectivity index (χ3n) is 2.42. The van der Waals surface area contributed by atoms with Crippen LogP contribution in [-0.2, 0) is 0 Å². The number of benzene rings is 1. The third kappa shape index (κ3) is 3.59. The molecule has 2 nitrogen and oxygen atoms in total. The second-order valence-electron chi connectivity index (χ2n) is 3.65. The SMILES string of the molecule is CCC[C@H](O)[C@H](N)c1ccc(F)c(F)c1F.Cl. The van der Waals surface area contributed by atoms with Gasteiger partial charge in [-0.25, -0.2) is 13.2 Å². The highest BCUT2D eigenvalue weighted by molar-refractivity contribution is 5.85. The molecule has 17 heavy (non-hydrogen) atoms. The summed E-state index contributed by atoms with van der Waals surface area (Å²) >= 11 is 0. The minimum atomic E-state index is -1.56. The van der Waals surface area contributed by atoms with Crippen molar-refractivity contribution in [2.45, 2.75) is 31.9 Å². The monoisotopic (exact) mass is 269 g/mol. The fourth-order valence-electron chi connectivity index (χ4n) is 1.48. The average molecular weight is 270 g/mol. The van der Waals surface area contributed by atoms with Gasteiger partial charge in [-0.15, -0.1) is 12.4 Å². The summed E-state index contributed by atoms with van der Waals surface area (Å²) in [6.45, 7) is 1.83. The van der Waals surface area contributed by atoms with Crippen LogP contribution in [0.2, 0.25) is 0 Å². The Bertz CT molecular complexity index is 376. The molecule has 98 valence electrons. The van der Waals surface area contributed by atoms with Crippen LogP contribution in [0.3, 0.4) is 0 Å². The number of nitrogens with two attached hydrogens (primary N) is 1.